The molecule has 0 saturated carbocycles. The molecule has 1 aromatic carbocycles. The molecule has 27 heavy (non-hydrogen) atoms. The fourth-order valence-electron chi connectivity index (χ4n) is 2.86. The minimum atomic E-state index is -0.682. The lowest BCUT2D eigenvalue weighted by Crippen LogP contribution is -2.46. The van der Waals surface area contributed by atoms with E-state index < -0.39 is 12.0 Å². The Balaban J connectivity index is 2.49. The molecule has 0 fully saturated rings. The average molecular weight is 373 g/mol. The van der Waals surface area contributed by atoms with Gasteiger partial charge in [0, 0.05) is 5.70 Å². The molecular formula is C19H23N3O5. The summed E-state index contributed by atoms with van der Waals surface area (Å²) < 4.78 is 15.8. The lowest BCUT2D eigenvalue weighted by molar-refractivity contribution is -0.139. The highest BCUT2D eigenvalue weighted by Crippen LogP contribution is 2.35. The van der Waals surface area contributed by atoms with Gasteiger partial charge < -0.3 is 24.8 Å². The largest absolute Gasteiger partial charge is 0.493 e. The maximum absolute atomic E-state index is 12.6. The number of nitrogens with one attached hydrogen (secondary N) is 2. The van der Waals surface area contributed by atoms with E-state index in [1.54, 1.807) is 25.1 Å². The molecule has 0 saturated heterocycles. The van der Waals surface area contributed by atoms with Crippen LogP contribution in [0.5, 0.6) is 11.5 Å². The summed E-state index contributed by atoms with van der Waals surface area (Å²) in [4.78, 5) is 24.7. The first-order chi connectivity index (χ1) is 13.0. The van der Waals surface area contributed by atoms with Crippen molar-refractivity contribution in [3.63, 3.8) is 0 Å². The fraction of sp³-hybridized carbons (Fsp3) is 0.421. The number of carbonyl (C=O) groups excluding carboxylic acids is 2. The van der Waals surface area contributed by atoms with Gasteiger partial charge in [0.1, 0.15) is 6.07 Å². The highest BCUT2D eigenvalue weighted by Gasteiger charge is 2.33. The average Bonchev–Trinajstić information content (AvgIpc) is 2.66. The summed E-state index contributed by atoms with van der Waals surface area (Å²) in [6.07, 6.45) is 1.30. The van der Waals surface area contributed by atoms with Gasteiger partial charge in [-0.05, 0) is 31.0 Å². The zero-order chi connectivity index (χ0) is 19.8. The summed E-state index contributed by atoms with van der Waals surface area (Å²) >= 11 is 0. The monoisotopic (exact) mass is 373 g/mol. The van der Waals surface area contributed by atoms with E-state index >= 15 is 0 Å². The molecule has 1 aliphatic heterocycles. The number of urea groups is 1. The van der Waals surface area contributed by atoms with Crippen LogP contribution in [-0.4, -0.2) is 32.3 Å². The molecule has 0 aliphatic carbocycles. The number of nitriles is 1. The minimum absolute atomic E-state index is 0.117. The molecule has 1 heterocycles. The van der Waals surface area contributed by atoms with Crippen LogP contribution in [0.1, 0.15) is 38.3 Å². The number of benzene rings is 1. The zero-order valence-corrected chi connectivity index (χ0v) is 15.6. The topological polar surface area (TPSA) is 110 Å². The molecule has 0 spiro atoms. The van der Waals surface area contributed by atoms with Crippen molar-refractivity contribution in [2.24, 2.45) is 0 Å². The van der Waals surface area contributed by atoms with Crippen LogP contribution in [0.4, 0.5) is 4.79 Å². The van der Waals surface area contributed by atoms with E-state index in [-0.39, 0.29) is 19.2 Å². The number of allylic oxidation sites excluding steroid dienone is 1. The molecule has 0 aromatic heterocycles. The van der Waals surface area contributed by atoms with E-state index in [1.165, 1.54) is 7.11 Å². The summed E-state index contributed by atoms with van der Waals surface area (Å²) in [6.45, 7) is 3.80. The van der Waals surface area contributed by atoms with Gasteiger partial charge in [-0.2, -0.15) is 5.26 Å². The summed E-state index contributed by atoms with van der Waals surface area (Å²) in [5.74, 6) is 0.316. The highest BCUT2D eigenvalue weighted by atomic mass is 16.5. The third-order valence-corrected chi connectivity index (χ3v) is 3.96. The molecule has 1 atom stereocenters. The molecule has 2 amide bonds. The molecule has 0 unspecified atom stereocenters. The van der Waals surface area contributed by atoms with Crippen molar-refractivity contribution in [3.8, 4) is 17.6 Å². The van der Waals surface area contributed by atoms with Crippen molar-refractivity contribution in [2.45, 2.75) is 32.7 Å². The first-order valence-corrected chi connectivity index (χ1v) is 8.71. The Hall–Kier alpha value is -3.21. The molecule has 0 bridgehead atoms. The third kappa shape index (κ3) is 4.70. The van der Waals surface area contributed by atoms with Crippen molar-refractivity contribution in [1.82, 2.24) is 10.6 Å². The first-order valence-electron chi connectivity index (χ1n) is 8.71. The van der Waals surface area contributed by atoms with E-state index in [1.807, 2.05) is 13.0 Å². The van der Waals surface area contributed by atoms with Gasteiger partial charge in [0.05, 0.1) is 25.3 Å². The predicted molar refractivity (Wildman–Crippen MR) is 97.1 cm³/mol. The lowest BCUT2D eigenvalue weighted by Gasteiger charge is -2.29. The van der Waals surface area contributed by atoms with Crippen LogP contribution in [0.3, 0.4) is 0 Å². The smallest absolute Gasteiger partial charge is 0.338 e. The summed E-state index contributed by atoms with van der Waals surface area (Å²) in [5, 5.41) is 14.2. The van der Waals surface area contributed by atoms with Gasteiger partial charge in [0.2, 0.25) is 0 Å². The van der Waals surface area contributed by atoms with Gasteiger partial charge in [-0.25, -0.2) is 9.59 Å². The van der Waals surface area contributed by atoms with Gasteiger partial charge in [0.15, 0.2) is 18.1 Å². The Kier molecular flexibility index (Phi) is 7.06. The third-order valence-electron chi connectivity index (χ3n) is 3.96. The van der Waals surface area contributed by atoms with Crippen molar-refractivity contribution in [3.05, 3.63) is 35.0 Å². The Bertz CT molecular complexity index is 782. The molecule has 8 nitrogen and oxygen atoms in total. The second kappa shape index (κ2) is 9.48. The van der Waals surface area contributed by atoms with Crippen LogP contribution in [0.25, 0.3) is 0 Å². The second-order valence-electron chi connectivity index (χ2n) is 5.75. The molecule has 2 N–H and O–H groups in total. The zero-order valence-electron chi connectivity index (χ0n) is 15.6. The number of rotatable bonds is 8. The number of amides is 2. The Morgan fingerprint density at radius 1 is 1.30 bits per heavy atom. The van der Waals surface area contributed by atoms with E-state index in [0.717, 1.165) is 6.42 Å². The maximum Gasteiger partial charge on any atom is 0.338 e. The Morgan fingerprint density at radius 3 is 2.70 bits per heavy atom. The number of ether oxygens (including phenoxy) is 3. The standard InChI is InChI=1S/C19H23N3O5/c1-4-6-13-16(18(23)26-5-2)17(22-19(24)21-13)12-7-8-14(27-10-9-20)15(11-12)25-3/h7-8,11,17H,4-6,10H2,1-3H3,(H2,21,22,24)/t17-/m1/s1. The van der Waals surface area contributed by atoms with Crippen LogP contribution in [0, 0.1) is 11.3 Å². The van der Waals surface area contributed by atoms with Crippen LogP contribution < -0.4 is 20.1 Å². The number of hydrogen-bond donors (Lipinski definition) is 2. The van der Waals surface area contributed by atoms with Gasteiger partial charge in [-0.1, -0.05) is 19.4 Å². The normalized spacial score (nSPS) is 16.1. The van der Waals surface area contributed by atoms with Crippen LogP contribution in [-0.2, 0) is 9.53 Å². The fourth-order valence-corrected chi connectivity index (χ4v) is 2.86. The molecular weight excluding hydrogens is 350 g/mol. The van der Waals surface area contributed by atoms with Crippen LogP contribution in [0.15, 0.2) is 29.5 Å². The number of carbonyl (C=O) groups is 2. The van der Waals surface area contributed by atoms with Gasteiger partial charge in [-0.3, -0.25) is 0 Å². The van der Waals surface area contributed by atoms with Gasteiger partial charge in [-0.15, -0.1) is 0 Å². The number of esters is 1. The van der Waals surface area contributed by atoms with Crippen molar-refractivity contribution < 1.29 is 23.8 Å². The van der Waals surface area contributed by atoms with E-state index in [0.29, 0.717) is 34.8 Å². The Labute approximate surface area is 158 Å². The van der Waals surface area contributed by atoms with E-state index in [9.17, 15) is 9.59 Å². The summed E-state index contributed by atoms with van der Waals surface area (Å²) in [6, 6.07) is 5.85. The van der Waals surface area contributed by atoms with Crippen LogP contribution in [0.2, 0.25) is 0 Å². The molecule has 1 aliphatic rings. The second-order valence-corrected chi connectivity index (χ2v) is 5.75. The summed E-state index contributed by atoms with van der Waals surface area (Å²) in [5.41, 5.74) is 1.56. The quantitative estimate of drug-likeness (QED) is 0.678. The van der Waals surface area contributed by atoms with Crippen molar-refractivity contribution in [2.75, 3.05) is 20.3 Å². The molecule has 0 radical (unpaired) electrons. The maximum atomic E-state index is 12.6. The minimum Gasteiger partial charge on any atom is -0.493 e. The van der Waals surface area contributed by atoms with E-state index in [2.05, 4.69) is 10.6 Å². The Morgan fingerprint density at radius 2 is 2.07 bits per heavy atom. The molecule has 1 aromatic rings. The molecule has 2 rings (SSSR count). The van der Waals surface area contributed by atoms with Crippen molar-refractivity contribution >= 4 is 12.0 Å². The number of methoxy groups -OCH3 is 1. The van der Waals surface area contributed by atoms with Crippen LogP contribution >= 0.6 is 0 Å². The van der Waals surface area contributed by atoms with Gasteiger partial charge >= 0.3 is 12.0 Å². The molecule has 8 heteroatoms. The predicted octanol–water partition coefficient (Wildman–Crippen LogP) is 2.57. The number of hydrogen-bond acceptors (Lipinski definition) is 6. The lowest BCUT2D eigenvalue weighted by atomic mass is 9.93. The molecule has 144 valence electrons. The summed E-state index contributed by atoms with van der Waals surface area (Å²) in [7, 11) is 1.48. The number of nitrogens with zero attached hydrogens (tertiary/aromatic N) is 1. The van der Waals surface area contributed by atoms with Crippen molar-refractivity contribution in [1.29, 1.82) is 5.26 Å². The SMILES string of the molecule is CCCC1=C(C(=O)OCC)[C@@H](c2ccc(OCC#N)c(OC)c2)NC(=O)N1. The van der Waals surface area contributed by atoms with Gasteiger partial charge in [0.25, 0.3) is 0 Å². The van der Waals surface area contributed by atoms with E-state index in [4.69, 9.17) is 19.5 Å². The highest BCUT2D eigenvalue weighted by molar-refractivity contribution is 5.95. The first kappa shape index (κ1) is 20.1.